The van der Waals surface area contributed by atoms with Gasteiger partial charge in [-0.3, -0.25) is 0 Å². The van der Waals surface area contributed by atoms with Crippen molar-refractivity contribution in [2.45, 2.75) is 154 Å². The zero-order valence-corrected chi connectivity index (χ0v) is 48.5. The first-order chi connectivity index (χ1) is 41.4. The van der Waals surface area contributed by atoms with E-state index in [4.69, 9.17) is 58.3 Å². The van der Waals surface area contributed by atoms with Gasteiger partial charge in [-0.15, -0.1) is 0 Å². The number of unbranched alkanes of at least 4 members (excludes halogenated alkanes) is 8. The maximum Gasteiger partial charge on any atom is 0.284 e. The molecule has 84 heavy (non-hydrogen) atoms. The van der Waals surface area contributed by atoms with Gasteiger partial charge in [0.05, 0.1) is 33.1 Å². The van der Waals surface area contributed by atoms with Crippen LogP contribution in [0.15, 0.2) is 133 Å². The summed E-state index contributed by atoms with van der Waals surface area (Å²) in [6.07, 6.45) is 15.9. The predicted molar refractivity (Wildman–Crippen MR) is 329 cm³/mol. The van der Waals surface area contributed by atoms with Gasteiger partial charge in [0, 0.05) is 57.6 Å². The van der Waals surface area contributed by atoms with Gasteiger partial charge >= 0.3 is 0 Å². The van der Waals surface area contributed by atoms with Crippen molar-refractivity contribution in [2.75, 3.05) is 0 Å². The van der Waals surface area contributed by atoms with Crippen LogP contribution >= 0.6 is 0 Å². The van der Waals surface area contributed by atoms with E-state index in [9.17, 15) is 0 Å². The standard InChI is InChI=1S/C72H70N6O6/c1-5-9-13-23-46-43-33-35-61-50(37-43)47(24-14-10-6-2)45-39-54-49(26-16-12-8-4)53-41-52-48(25-15-11-7-3)51-38-44(46)34-36-62(51)80-67-69(75-57-29-19-17-27-55(57)73-67)81-63(52)42-64(53)82-71-72(78-60-32-22-21-31-59(60)77-71)84-66(54)65(40-45)83-70-68(79-61)74-56-28-18-20-30-58(56)76-70/h17-22,27-42,46-49H,5-16,23-26H2,1-4H3. The van der Waals surface area contributed by atoms with Crippen LogP contribution in [0.3, 0.4) is 0 Å². The number of aromatic nitrogens is 6. The molecule has 0 radical (unpaired) electrons. The molecule has 4 atom stereocenters. The van der Waals surface area contributed by atoms with Gasteiger partial charge in [0.25, 0.3) is 35.3 Å². The second-order valence-electron chi connectivity index (χ2n) is 23.2. The quantitative estimate of drug-likeness (QED) is 0.0853. The first kappa shape index (κ1) is 53.4. The Balaban J connectivity index is 1.14. The maximum atomic E-state index is 7.43. The number of ether oxygens (including phenoxy) is 6. The molecule has 1 aliphatic carbocycles. The molecule has 0 fully saturated rings. The van der Waals surface area contributed by atoms with Crippen molar-refractivity contribution in [1.82, 2.24) is 29.9 Å². The lowest BCUT2D eigenvalue weighted by molar-refractivity contribution is 0.356. The molecular weight excluding hydrogens is 1040 g/mol. The fraction of sp³-hybridized carbons (Fsp3) is 0.333. The minimum Gasteiger partial charge on any atom is -0.434 e. The van der Waals surface area contributed by atoms with Crippen molar-refractivity contribution in [3.8, 4) is 69.8 Å². The van der Waals surface area contributed by atoms with Crippen LogP contribution in [0.1, 0.15) is 199 Å². The molecule has 7 aromatic carbocycles. The lowest BCUT2D eigenvalue weighted by atomic mass is 9.76. The van der Waals surface area contributed by atoms with Crippen molar-refractivity contribution in [2.24, 2.45) is 0 Å². The second-order valence-corrected chi connectivity index (χ2v) is 23.2. The van der Waals surface area contributed by atoms with Crippen LogP contribution in [0, 0.1) is 0 Å². The molecule has 12 nitrogen and oxygen atoms in total. The molecule has 12 heteroatoms. The van der Waals surface area contributed by atoms with Gasteiger partial charge in [-0.1, -0.05) is 171 Å². The third kappa shape index (κ3) is 10.2. The smallest absolute Gasteiger partial charge is 0.284 e. The summed E-state index contributed by atoms with van der Waals surface area (Å²) >= 11 is 0. The van der Waals surface area contributed by atoms with E-state index in [1.807, 2.05) is 72.8 Å². The minimum absolute atomic E-state index is 0.0288. The number of para-hydroxylation sites is 6. The van der Waals surface area contributed by atoms with E-state index >= 15 is 0 Å². The molecule has 3 aliphatic heterocycles. The van der Waals surface area contributed by atoms with Crippen LogP contribution in [-0.4, -0.2) is 29.9 Å². The van der Waals surface area contributed by atoms with Crippen molar-refractivity contribution in [1.29, 1.82) is 0 Å². The minimum atomic E-state index is -0.306. The fourth-order valence-electron chi connectivity index (χ4n) is 13.2. The number of fused-ring (bicyclic) bond motifs is 10. The molecule has 10 aromatic rings. The van der Waals surface area contributed by atoms with Crippen LogP contribution in [0.5, 0.6) is 69.8 Å². The van der Waals surface area contributed by atoms with Gasteiger partial charge in [-0.05, 0) is 103 Å². The van der Waals surface area contributed by atoms with Gasteiger partial charge in [0.1, 0.15) is 23.0 Å². The third-order valence-corrected chi connectivity index (χ3v) is 17.5. The predicted octanol–water partition coefficient (Wildman–Crippen LogP) is 20.4. The lowest BCUT2D eigenvalue weighted by Gasteiger charge is -2.30. The highest BCUT2D eigenvalue weighted by atomic mass is 16.6. The maximum absolute atomic E-state index is 7.43. The molecule has 424 valence electrons. The molecule has 9 bridgehead atoms. The number of hydrogen-bond donors (Lipinski definition) is 0. The Bertz CT molecular complexity index is 4130. The molecule has 0 saturated heterocycles. The van der Waals surface area contributed by atoms with Crippen LogP contribution in [0.2, 0.25) is 0 Å². The zero-order chi connectivity index (χ0) is 56.7. The molecule has 0 N–H and O–H groups in total. The van der Waals surface area contributed by atoms with E-state index in [0.717, 1.165) is 148 Å². The summed E-state index contributed by atoms with van der Waals surface area (Å²) < 4.78 is 43.9. The summed E-state index contributed by atoms with van der Waals surface area (Å²) in [6.45, 7) is 9.08. The largest absolute Gasteiger partial charge is 0.434 e. The molecule has 0 amide bonds. The molecular formula is C72H70N6O6. The summed E-state index contributed by atoms with van der Waals surface area (Å²) in [7, 11) is 0. The molecule has 14 rings (SSSR count). The average molecular weight is 1120 g/mol. The van der Waals surface area contributed by atoms with Crippen molar-refractivity contribution >= 4 is 33.1 Å². The first-order valence-electron chi connectivity index (χ1n) is 30.9. The Morgan fingerprint density at radius 1 is 0.274 bits per heavy atom. The van der Waals surface area contributed by atoms with E-state index in [-0.39, 0.29) is 59.0 Å². The van der Waals surface area contributed by atoms with Crippen LogP contribution in [0.4, 0.5) is 0 Å². The Hall–Kier alpha value is -8.64. The third-order valence-electron chi connectivity index (χ3n) is 17.5. The van der Waals surface area contributed by atoms with E-state index in [2.05, 4.69) is 88.4 Å². The van der Waals surface area contributed by atoms with E-state index in [1.165, 1.54) is 11.1 Å². The SMILES string of the molecule is CCCCCC1c2ccc3c(c2)C(CCCCC)c2cc(c4c(c2)C(CCCCC)c2cc5c(cc2Oc2nc6ccccc6nc2O4)Oc2nc4ccccc4nc2Oc2ccc1cc2C5CCCCC)Oc1nc2ccccc2nc1O3. The highest BCUT2D eigenvalue weighted by Gasteiger charge is 2.38. The monoisotopic (exact) mass is 1110 g/mol. The lowest BCUT2D eigenvalue weighted by Crippen LogP contribution is -2.13. The highest BCUT2D eigenvalue weighted by Crippen LogP contribution is 2.57. The fourth-order valence-corrected chi connectivity index (χ4v) is 13.2. The van der Waals surface area contributed by atoms with Gasteiger partial charge in [0.15, 0.2) is 11.5 Å². The molecule has 0 spiro atoms. The second kappa shape index (κ2) is 23.2. The van der Waals surface area contributed by atoms with Crippen LogP contribution < -0.4 is 28.4 Å². The van der Waals surface area contributed by atoms with E-state index in [0.29, 0.717) is 56.1 Å². The summed E-state index contributed by atoms with van der Waals surface area (Å²) in [5.41, 5.74) is 12.7. The normalized spacial score (nSPS) is 17.0. The first-order valence-corrected chi connectivity index (χ1v) is 30.9. The Kier molecular flexibility index (Phi) is 14.7. The topological polar surface area (TPSA) is 133 Å². The highest BCUT2D eigenvalue weighted by molar-refractivity contribution is 5.78. The summed E-state index contributed by atoms with van der Waals surface area (Å²) in [6, 6.07) is 46.4. The van der Waals surface area contributed by atoms with Crippen molar-refractivity contribution in [3.63, 3.8) is 0 Å². The van der Waals surface area contributed by atoms with Gasteiger partial charge in [-0.25, -0.2) is 29.9 Å². The van der Waals surface area contributed by atoms with Gasteiger partial charge in [0.2, 0.25) is 0 Å². The summed E-state index contributed by atoms with van der Waals surface area (Å²) in [5.74, 6) is 4.45. The summed E-state index contributed by atoms with van der Waals surface area (Å²) in [5, 5.41) is 0. The molecule has 4 aliphatic rings. The average Bonchev–Trinajstić information content (AvgIpc) is 2.27. The Morgan fingerprint density at radius 3 is 1.04 bits per heavy atom. The zero-order valence-electron chi connectivity index (χ0n) is 48.5. The molecule has 4 unspecified atom stereocenters. The van der Waals surface area contributed by atoms with Crippen molar-refractivity contribution < 1.29 is 28.4 Å². The van der Waals surface area contributed by atoms with Crippen LogP contribution in [0.25, 0.3) is 33.1 Å². The molecule has 0 saturated carbocycles. The molecule has 6 heterocycles. The number of benzene rings is 7. The van der Waals surface area contributed by atoms with Crippen molar-refractivity contribution in [3.05, 3.63) is 178 Å². The summed E-state index contributed by atoms with van der Waals surface area (Å²) in [4.78, 5) is 31.2. The number of nitrogens with zero attached hydrogens (tertiary/aromatic N) is 6. The van der Waals surface area contributed by atoms with E-state index < -0.39 is 0 Å². The van der Waals surface area contributed by atoms with Gasteiger partial charge < -0.3 is 28.4 Å². The Labute approximate surface area is 491 Å². The Morgan fingerprint density at radius 2 is 0.607 bits per heavy atom. The molecule has 3 aromatic heterocycles. The van der Waals surface area contributed by atoms with Gasteiger partial charge in [-0.2, -0.15) is 0 Å². The number of rotatable bonds is 16. The van der Waals surface area contributed by atoms with E-state index in [1.54, 1.807) is 0 Å². The number of hydrogen-bond acceptors (Lipinski definition) is 12. The van der Waals surface area contributed by atoms with Crippen LogP contribution in [-0.2, 0) is 0 Å².